The van der Waals surface area contributed by atoms with Crippen molar-refractivity contribution in [3.63, 3.8) is 0 Å². The first-order valence-electron chi connectivity index (χ1n) is 3.73. The van der Waals surface area contributed by atoms with Crippen LogP contribution in [0, 0.1) is 0 Å². The third kappa shape index (κ3) is 2.91. The summed E-state index contributed by atoms with van der Waals surface area (Å²) in [6.07, 6.45) is 0.977. The van der Waals surface area contributed by atoms with Crippen LogP contribution in [0.15, 0.2) is 30.3 Å². The molecule has 1 rings (SSSR count). The van der Waals surface area contributed by atoms with Gasteiger partial charge in [-0.1, -0.05) is 30.3 Å². The fourth-order valence-corrected chi connectivity index (χ4v) is 1.08. The summed E-state index contributed by atoms with van der Waals surface area (Å²) in [5, 5.41) is 0. The molecule has 0 spiro atoms. The Balaban J connectivity index is 2.51. The number of nitrogens with one attached hydrogen (secondary N) is 1. The highest BCUT2D eigenvalue weighted by Crippen LogP contribution is 2.02. The summed E-state index contributed by atoms with van der Waals surface area (Å²) in [4.78, 5) is 2.69. The van der Waals surface area contributed by atoms with Crippen molar-refractivity contribution < 1.29 is 0 Å². The van der Waals surface area contributed by atoms with Crippen molar-refractivity contribution in [2.45, 2.75) is 19.4 Å². The Bertz CT molecular complexity index is 198. The lowest BCUT2D eigenvalue weighted by molar-refractivity contribution is 0.682. The van der Waals surface area contributed by atoms with Gasteiger partial charge in [-0.3, -0.25) is 0 Å². The molecule has 60 valence electrons. The maximum absolute atomic E-state index is 5.45. The van der Waals surface area contributed by atoms with Crippen LogP contribution in [-0.4, -0.2) is 6.04 Å². The standard InChI is InChI=1S/C9H12ClN/c1-8(11-10)7-9-5-3-2-4-6-9/h2-6,8,11H,7H2,1H3. The van der Waals surface area contributed by atoms with Crippen LogP contribution in [0.4, 0.5) is 0 Å². The second kappa shape index (κ2) is 4.37. The summed E-state index contributed by atoms with van der Waals surface area (Å²) in [6, 6.07) is 10.6. The molecule has 0 bridgehead atoms. The Labute approximate surface area is 72.5 Å². The first-order chi connectivity index (χ1) is 5.33. The topological polar surface area (TPSA) is 12.0 Å². The SMILES string of the molecule is CC(Cc1ccccc1)NCl. The Morgan fingerprint density at radius 3 is 2.55 bits per heavy atom. The Morgan fingerprint density at radius 2 is 2.00 bits per heavy atom. The molecule has 1 nitrogen and oxygen atoms in total. The van der Waals surface area contributed by atoms with Crippen molar-refractivity contribution in [2.75, 3.05) is 0 Å². The summed E-state index contributed by atoms with van der Waals surface area (Å²) in [5.74, 6) is 0. The van der Waals surface area contributed by atoms with Gasteiger partial charge in [0.25, 0.3) is 0 Å². The second-order valence-corrected chi connectivity index (χ2v) is 2.92. The maximum Gasteiger partial charge on any atom is 0.0233 e. The molecular formula is C9H12ClN. The second-order valence-electron chi connectivity index (χ2n) is 2.70. The molecule has 1 unspecified atom stereocenters. The van der Waals surface area contributed by atoms with Gasteiger partial charge in [0.15, 0.2) is 0 Å². The van der Waals surface area contributed by atoms with Gasteiger partial charge in [0.05, 0.1) is 0 Å². The number of rotatable bonds is 3. The van der Waals surface area contributed by atoms with Gasteiger partial charge in [-0.05, 0) is 30.7 Å². The third-order valence-electron chi connectivity index (χ3n) is 1.57. The molecular weight excluding hydrogens is 158 g/mol. The number of halogens is 1. The minimum absolute atomic E-state index is 0.332. The van der Waals surface area contributed by atoms with Gasteiger partial charge in [0.1, 0.15) is 0 Å². The van der Waals surface area contributed by atoms with Crippen LogP contribution in [-0.2, 0) is 6.42 Å². The number of hydrogen-bond acceptors (Lipinski definition) is 1. The molecule has 0 aliphatic heterocycles. The van der Waals surface area contributed by atoms with Crippen molar-refractivity contribution in [1.29, 1.82) is 0 Å². The summed E-state index contributed by atoms with van der Waals surface area (Å²) >= 11 is 5.45. The highest BCUT2D eigenvalue weighted by atomic mass is 35.5. The van der Waals surface area contributed by atoms with Gasteiger partial charge in [0, 0.05) is 6.04 Å². The van der Waals surface area contributed by atoms with Gasteiger partial charge in [-0.25, -0.2) is 4.84 Å². The molecule has 0 fully saturated rings. The molecule has 0 radical (unpaired) electrons. The predicted octanol–water partition coefficient (Wildman–Crippen LogP) is 2.36. The molecule has 1 atom stereocenters. The molecule has 0 heterocycles. The Hall–Kier alpha value is -0.530. The molecule has 1 aromatic carbocycles. The van der Waals surface area contributed by atoms with E-state index in [2.05, 4.69) is 23.9 Å². The smallest absolute Gasteiger partial charge is 0.0233 e. The van der Waals surface area contributed by atoms with E-state index in [0.29, 0.717) is 6.04 Å². The van der Waals surface area contributed by atoms with E-state index in [4.69, 9.17) is 11.8 Å². The minimum atomic E-state index is 0.332. The number of hydrogen-bond donors (Lipinski definition) is 1. The minimum Gasteiger partial charge on any atom is -0.230 e. The molecule has 0 saturated heterocycles. The van der Waals surface area contributed by atoms with Crippen molar-refractivity contribution in [1.82, 2.24) is 4.84 Å². The van der Waals surface area contributed by atoms with Gasteiger partial charge in [-0.2, -0.15) is 0 Å². The first kappa shape index (κ1) is 8.57. The van der Waals surface area contributed by atoms with Gasteiger partial charge < -0.3 is 0 Å². The maximum atomic E-state index is 5.45. The van der Waals surface area contributed by atoms with E-state index < -0.39 is 0 Å². The third-order valence-corrected chi connectivity index (χ3v) is 1.94. The van der Waals surface area contributed by atoms with E-state index in [9.17, 15) is 0 Å². The van der Waals surface area contributed by atoms with Crippen molar-refractivity contribution in [3.05, 3.63) is 35.9 Å². The summed E-state index contributed by atoms with van der Waals surface area (Å²) < 4.78 is 0. The van der Waals surface area contributed by atoms with E-state index in [1.54, 1.807) is 0 Å². The van der Waals surface area contributed by atoms with E-state index in [1.165, 1.54) is 5.56 Å². The van der Waals surface area contributed by atoms with Crippen molar-refractivity contribution in [3.8, 4) is 0 Å². The lowest BCUT2D eigenvalue weighted by atomic mass is 10.1. The first-order valence-corrected chi connectivity index (χ1v) is 4.11. The molecule has 1 aromatic rings. The van der Waals surface area contributed by atoms with Crippen molar-refractivity contribution in [2.24, 2.45) is 0 Å². The van der Waals surface area contributed by atoms with Gasteiger partial charge >= 0.3 is 0 Å². The average molecular weight is 170 g/mol. The molecule has 0 aromatic heterocycles. The zero-order chi connectivity index (χ0) is 8.10. The quantitative estimate of drug-likeness (QED) is 0.686. The van der Waals surface area contributed by atoms with Crippen LogP contribution in [0.5, 0.6) is 0 Å². The average Bonchev–Trinajstić information content (AvgIpc) is 2.06. The van der Waals surface area contributed by atoms with Crippen LogP contribution in [0.2, 0.25) is 0 Å². The molecule has 11 heavy (non-hydrogen) atoms. The van der Waals surface area contributed by atoms with Gasteiger partial charge in [0.2, 0.25) is 0 Å². The molecule has 0 aliphatic carbocycles. The summed E-state index contributed by atoms with van der Waals surface area (Å²) in [7, 11) is 0. The normalized spacial score (nSPS) is 12.9. The molecule has 0 saturated carbocycles. The largest absolute Gasteiger partial charge is 0.230 e. The molecule has 1 N–H and O–H groups in total. The molecule has 2 heteroatoms. The monoisotopic (exact) mass is 169 g/mol. The van der Waals surface area contributed by atoms with Crippen molar-refractivity contribution >= 4 is 11.8 Å². The Morgan fingerprint density at radius 1 is 1.36 bits per heavy atom. The van der Waals surface area contributed by atoms with E-state index in [0.717, 1.165) is 6.42 Å². The van der Waals surface area contributed by atoms with Crippen LogP contribution in [0.1, 0.15) is 12.5 Å². The van der Waals surface area contributed by atoms with E-state index >= 15 is 0 Å². The lowest BCUT2D eigenvalue weighted by Crippen LogP contribution is -2.18. The summed E-state index contributed by atoms with van der Waals surface area (Å²) in [5.41, 5.74) is 1.31. The van der Waals surface area contributed by atoms with E-state index in [-0.39, 0.29) is 0 Å². The molecule has 0 aliphatic rings. The van der Waals surface area contributed by atoms with Crippen LogP contribution >= 0.6 is 11.8 Å². The van der Waals surface area contributed by atoms with Crippen LogP contribution in [0.3, 0.4) is 0 Å². The zero-order valence-corrected chi connectivity index (χ0v) is 7.31. The fraction of sp³-hybridized carbons (Fsp3) is 0.333. The number of benzene rings is 1. The summed E-state index contributed by atoms with van der Waals surface area (Å²) in [6.45, 7) is 2.06. The highest BCUT2D eigenvalue weighted by molar-refractivity contribution is 6.13. The zero-order valence-electron chi connectivity index (χ0n) is 6.55. The van der Waals surface area contributed by atoms with E-state index in [1.807, 2.05) is 18.2 Å². The molecule has 0 amide bonds. The van der Waals surface area contributed by atoms with Gasteiger partial charge in [-0.15, -0.1) is 0 Å². The highest BCUT2D eigenvalue weighted by Gasteiger charge is 1.99. The van der Waals surface area contributed by atoms with Crippen LogP contribution in [0.25, 0.3) is 0 Å². The van der Waals surface area contributed by atoms with Crippen LogP contribution < -0.4 is 4.84 Å². The predicted molar refractivity (Wildman–Crippen MR) is 48.6 cm³/mol. The Kier molecular flexibility index (Phi) is 3.40. The lowest BCUT2D eigenvalue weighted by Gasteiger charge is -2.07. The fourth-order valence-electron chi connectivity index (χ4n) is 1.01.